The van der Waals surface area contributed by atoms with Crippen molar-refractivity contribution in [2.24, 2.45) is 5.92 Å². The molecule has 5 saturated heterocycles. The standard InChI is InChI=1S/C50H70O23/c1-17-29(69-35-14-30(44(58)21(5)66-35)70-33-12-27(52)42(56)19(3)64-33)11-25-9-24-10-26(49(63-8)41(55)18(2)51)50(48(62)39(24)47(61)38(25)40(17)54)73-37-16-32(46(60)23(7)68-37)72-36-15-31(45(59)22(6)67-36)71-34-13-28(53)43(57)20(4)65-34/h9,11,19-23,26-28,30-37,42-46,49-50,52-54,56-61H,10,12-16H2,1-8H3/t19?,20?,21?,22?,23?,26?,27?,28?,30?,31?,32?,33?,34?,35?,36?,37?,42?,43?,44?,45?,46?,49-,50-/m0/s1. The fourth-order valence-electron chi connectivity index (χ4n) is 10.8. The monoisotopic (exact) mass is 1040 g/mol. The first-order valence-electron chi connectivity index (χ1n) is 24.9. The number of phenolic OH excluding ortho intramolecular Hbond substituents is 2. The third-order valence-electron chi connectivity index (χ3n) is 15.1. The number of ether oxygens (including phenoxy) is 11. The molecule has 23 heteroatoms. The van der Waals surface area contributed by atoms with E-state index in [1.54, 1.807) is 34.6 Å². The SMILES string of the molecule is CO[C@H](C(=O)C(C)=O)C1Cc2cc3cc(OC4CC(OC5CC(O)C(O)C(C)O5)C(O)C(C)O4)c(C)c(O)c3c(O)c2C(=O)[C@H]1OC1CC(OC2CC(OC3CC(O)C(O)C(C)O3)C(O)C(C)O2)C(O)C(C)O1. The Labute approximate surface area is 421 Å². The number of methoxy groups -OCH3 is 1. The van der Waals surface area contributed by atoms with Gasteiger partial charge in [0.2, 0.25) is 12.1 Å². The molecule has 408 valence electrons. The third-order valence-corrected chi connectivity index (χ3v) is 15.1. The molecular formula is C50H70O23. The van der Waals surface area contributed by atoms with Crippen molar-refractivity contribution in [2.45, 2.75) is 222 Å². The fourth-order valence-corrected chi connectivity index (χ4v) is 10.8. The van der Waals surface area contributed by atoms with Gasteiger partial charge in [-0.3, -0.25) is 14.4 Å². The molecule has 0 aromatic heterocycles. The number of fused-ring (bicyclic) bond motifs is 2. The highest BCUT2D eigenvalue weighted by Crippen LogP contribution is 2.47. The van der Waals surface area contributed by atoms with Gasteiger partial charge in [-0.15, -0.1) is 0 Å². The Morgan fingerprint density at radius 1 is 0.603 bits per heavy atom. The van der Waals surface area contributed by atoms with Gasteiger partial charge in [0.25, 0.3) is 0 Å². The van der Waals surface area contributed by atoms with Crippen LogP contribution in [0.4, 0.5) is 0 Å². The van der Waals surface area contributed by atoms with E-state index in [0.717, 1.165) is 6.92 Å². The third kappa shape index (κ3) is 11.4. The normalized spacial score (nSPS) is 41.8. The van der Waals surface area contributed by atoms with Crippen LogP contribution in [0.15, 0.2) is 12.1 Å². The molecule has 23 atom stereocenters. The summed E-state index contributed by atoms with van der Waals surface area (Å²) in [5.74, 6) is -4.75. The van der Waals surface area contributed by atoms with Crippen molar-refractivity contribution < 1.29 is 112 Å². The van der Waals surface area contributed by atoms with Crippen molar-refractivity contribution in [1.82, 2.24) is 0 Å². The van der Waals surface area contributed by atoms with Crippen molar-refractivity contribution in [3.05, 3.63) is 28.8 Å². The Morgan fingerprint density at radius 3 is 1.48 bits per heavy atom. The Morgan fingerprint density at radius 2 is 1.03 bits per heavy atom. The minimum absolute atomic E-state index is 0.0240. The number of rotatable bonds is 14. The van der Waals surface area contributed by atoms with Crippen LogP contribution in [0.3, 0.4) is 0 Å². The number of benzene rings is 2. The molecule has 21 unspecified atom stereocenters. The molecule has 5 fully saturated rings. The first kappa shape index (κ1) is 55.7. The maximum atomic E-state index is 14.9. The minimum atomic E-state index is -1.61. The van der Waals surface area contributed by atoms with Gasteiger partial charge in [-0.1, -0.05) is 0 Å². The van der Waals surface area contributed by atoms with Crippen LogP contribution in [-0.4, -0.2) is 206 Å². The summed E-state index contributed by atoms with van der Waals surface area (Å²) in [5.41, 5.74) is 0.135. The highest BCUT2D eigenvalue weighted by molar-refractivity contribution is 6.38. The summed E-state index contributed by atoms with van der Waals surface area (Å²) in [7, 11) is 1.20. The van der Waals surface area contributed by atoms with Crippen molar-refractivity contribution >= 4 is 28.1 Å². The summed E-state index contributed by atoms with van der Waals surface area (Å²) in [4.78, 5) is 41.0. The van der Waals surface area contributed by atoms with Crippen LogP contribution in [0, 0.1) is 12.8 Å². The van der Waals surface area contributed by atoms with Crippen molar-refractivity contribution in [1.29, 1.82) is 0 Å². The van der Waals surface area contributed by atoms with Crippen LogP contribution in [-0.2, 0) is 63.4 Å². The smallest absolute Gasteiger partial charge is 0.227 e. The number of hydrogen-bond acceptors (Lipinski definition) is 23. The quantitative estimate of drug-likeness (QED) is 0.114. The van der Waals surface area contributed by atoms with Gasteiger partial charge in [-0.25, -0.2) is 0 Å². The second-order valence-corrected chi connectivity index (χ2v) is 20.3. The average molecular weight is 1040 g/mol. The van der Waals surface area contributed by atoms with Crippen LogP contribution in [0.25, 0.3) is 10.8 Å². The predicted molar refractivity (Wildman–Crippen MR) is 247 cm³/mol. The first-order chi connectivity index (χ1) is 34.4. The zero-order valence-corrected chi connectivity index (χ0v) is 41.9. The van der Waals surface area contributed by atoms with E-state index in [4.69, 9.17) is 52.1 Å². The van der Waals surface area contributed by atoms with Crippen molar-refractivity contribution in [3.63, 3.8) is 0 Å². The predicted octanol–water partition coefficient (Wildman–Crippen LogP) is 0.208. The summed E-state index contributed by atoms with van der Waals surface area (Å²) >= 11 is 0. The summed E-state index contributed by atoms with van der Waals surface area (Å²) in [6, 6.07) is 3.06. The highest BCUT2D eigenvalue weighted by atomic mass is 16.7. The highest BCUT2D eigenvalue weighted by Gasteiger charge is 2.50. The molecule has 2 aromatic carbocycles. The number of ketones is 3. The Bertz CT molecular complexity index is 2290. The molecule has 0 saturated carbocycles. The maximum Gasteiger partial charge on any atom is 0.227 e. The lowest BCUT2D eigenvalue weighted by molar-refractivity contribution is -0.329. The number of aliphatic hydroxyl groups is 7. The van der Waals surface area contributed by atoms with E-state index in [9.17, 15) is 60.3 Å². The van der Waals surface area contributed by atoms with Crippen LogP contribution in [0.5, 0.6) is 17.2 Å². The van der Waals surface area contributed by atoms with Gasteiger partial charge in [-0.05, 0) is 71.0 Å². The van der Waals surface area contributed by atoms with Crippen LogP contribution < -0.4 is 4.74 Å². The number of aromatic hydroxyl groups is 2. The number of aliphatic hydroxyl groups excluding tert-OH is 7. The largest absolute Gasteiger partial charge is 0.507 e. The maximum absolute atomic E-state index is 14.9. The summed E-state index contributed by atoms with van der Waals surface area (Å²) < 4.78 is 66.2. The van der Waals surface area contributed by atoms with E-state index < -0.39 is 170 Å². The molecule has 5 aliphatic heterocycles. The molecule has 9 N–H and O–H groups in total. The van der Waals surface area contributed by atoms with Crippen molar-refractivity contribution in [3.8, 4) is 17.2 Å². The lowest BCUT2D eigenvalue weighted by Gasteiger charge is -2.45. The van der Waals surface area contributed by atoms with E-state index in [-0.39, 0.29) is 71.7 Å². The molecule has 1 aliphatic carbocycles. The van der Waals surface area contributed by atoms with Gasteiger partial charge in [0.15, 0.2) is 36.7 Å². The second kappa shape index (κ2) is 22.6. The minimum Gasteiger partial charge on any atom is -0.507 e. The zero-order chi connectivity index (χ0) is 53.1. The Hall–Kier alpha value is -3.57. The summed E-state index contributed by atoms with van der Waals surface area (Å²) in [6.07, 6.45) is -23.9. The molecule has 0 amide bonds. The van der Waals surface area contributed by atoms with E-state index >= 15 is 0 Å². The Kier molecular flexibility index (Phi) is 17.2. The number of carbonyl (C=O) groups is 3. The summed E-state index contributed by atoms with van der Waals surface area (Å²) in [6.45, 7) is 10.5. The molecular weight excluding hydrogens is 969 g/mol. The van der Waals surface area contributed by atoms with Crippen LogP contribution >= 0.6 is 0 Å². The lowest BCUT2D eigenvalue weighted by Crippen LogP contribution is -2.56. The van der Waals surface area contributed by atoms with Gasteiger partial charge < -0.3 is 98.1 Å². The zero-order valence-electron chi connectivity index (χ0n) is 41.9. The molecule has 8 rings (SSSR count). The molecule has 5 heterocycles. The van der Waals surface area contributed by atoms with Gasteiger partial charge in [-0.2, -0.15) is 0 Å². The van der Waals surface area contributed by atoms with Gasteiger partial charge >= 0.3 is 0 Å². The molecule has 23 nitrogen and oxygen atoms in total. The number of phenols is 2. The number of Topliss-reactive ketones (excluding diaryl/α,β-unsaturated/α-hetero) is 3. The van der Waals surface area contributed by atoms with E-state index in [1.165, 1.54) is 26.2 Å². The van der Waals surface area contributed by atoms with E-state index in [1.807, 2.05) is 0 Å². The average Bonchev–Trinajstić information content (AvgIpc) is 3.32. The van der Waals surface area contributed by atoms with E-state index in [2.05, 4.69) is 0 Å². The van der Waals surface area contributed by atoms with Gasteiger partial charge in [0.05, 0.1) is 72.0 Å². The van der Waals surface area contributed by atoms with Gasteiger partial charge in [0.1, 0.15) is 60.0 Å². The Balaban J connectivity index is 1.03. The van der Waals surface area contributed by atoms with Crippen LogP contribution in [0.2, 0.25) is 0 Å². The molecule has 0 radical (unpaired) electrons. The number of hydrogen-bond donors (Lipinski definition) is 9. The molecule has 2 aromatic rings. The molecule has 6 aliphatic rings. The first-order valence-corrected chi connectivity index (χ1v) is 24.9. The van der Waals surface area contributed by atoms with E-state index in [0.29, 0.717) is 0 Å². The summed E-state index contributed by atoms with van der Waals surface area (Å²) in [5, 5.41) is 98.1. The second-order valence-electron chi connectivity index (χ2n) is 20.3. The lowest BCUT2D eigenvalue weighted by atomic mass is 9.75. The molecule has 0 spiro atoms. The van der Waals surface area contributed by atoms with Crippen LogP contribution in [0.1, 0.15) is 95.1 Å². The topological polar surface area (TPSA) is 335 Å². The van der Waals surface area contributed by atoms with Crippen molar-refractivity contribution in [2.75, 3.05) is 7.11 Å². The number of carbonyl (C=O) groups excluding carboxylic acids is 3. The molecule has 73 heavy (non-hydrogen) atoms. The molecule has 0 bridgehead atoms. The van der Waals surface area contributed by atoms with Gasteiger partial charge in [0, 0.05) is 57.6 Å². The fraction of sp³-hybridized carbons (Fsp3) is 0.740.